The maximum Gasteiger partial charge on any atom is 0.231 e. The van der Waals surface area contributed by atoms with Crippen LogP contribution in [-0.4, -0.2) is 6.79 Å². The minimum atomic E-state index is -0.642. The summed E-state index contributed by atoms with van der Waals surface area (Å²) in [5.74, 6) is -0.260. The number of para-hydroxylation sites is 1. The first-order valence-corrected chi connectivity index (χ1v) is 6.29. The highest BCUT2D eigenvalue weighted by atomic mass is 35.5. The van der Waals surface area contributed by atoms with Gasteiger partial charge in [-0.15, -0.1) is 0 Å². The van der Waals surface area contributed by atoms with Crippen molar-refractivity contribution in [1.82, 2.24) is 0 Å². The molecule has 6 heteroatoms. The van der Waals surface area contributed by atoms with Gasteiger partial charge in [-0.05, 0) is 29.8 Å². The van der Waals surface area contributed by atoms with Gasteiger partial charge in [0.1, 0.15) is 17.3 Å². The summed E-state index contributed by atoms with van der Waals surface area (Å²) >= 11 is 6.04. The number of benzene rings is 2. The van der Waals surface area contributed by atoms with Crippen LogP contribution in [0.5, 0.6) is 11.5 Å². The fourth-order valence-corrected chi connectivity index (χ4v) is 2.27. The van der Waals surface area contributed by atoms with E-state index in [-0.39, 0.29) is 19.0 Å². The molecule has 1 heterocycles. The van der Waals surface area contributed by atoms with E-state index < -0.39 is 11.6 Å². The minimum Gasteiger partial charge on any atom is -0.454 e. The fourth-order valence-electron chi connectivity index (χ4n) is 1.98. The molecule has 0 atom stereocenters. The molecular formula is C14H10ClF2NO2. The second kappa shape index (κ2) is 5.17. The van der Waals surface area contributed by atoms with E-state index >= 15 is 0 Å². The van der Waals surface area contributed by atoms with Crippen LogP contribution in [0.4, 0.5) is 14.5 Å². The highest BCUT2D eigenvalue weighted by Gasteiger charge is 2.18. The summed E-state index contributed by atoms with van der Waals surface area (Å²) in [5.41, 5.74) is 0.572. The molecule has 0 fully saturated rings. The number of ether oxygens (including phenoxy) is 2. The third-order valence-corrected chi connectivity index (χ3v) is 3.20. The van der Waals surface area contributed by atoms with Gasteiger partial charge >= 0.3 is 0 Å². The van der Waals surface area contributed by atoms with E-state index in [1.165, 1.54) is 18.2 Å². The molecule has 104 valence electrons. The summed E-state index contributed by atoms with van der Waals surface area (Å²) in [6.07, 6.45) is 0. The predicted octanol–water partition coefficient (Wildman–Crippen LogP) is 3.96. The van der Waals surface area contributed by atoms with Gasteiger partial charge in [-0.1, -0.05) is 17.7 Å². The molecule has 3 nitrogen and oxygen atoms in total. The molecule has 0 saturated heterocycles. The molecule has 0 amide bonds. The van der Waals surface area contributed by atoms with Crippen molar-refractivity contribution in [2.45, 2.75) is 6.54 Å². The SMILES string of the molecule is Fc1cccc(F)c1NCc1cc(Cl)c2c(c1)OCO2. The Morgan fingerprint density at radius 1 is 1.15 bits per heavy atom. The van der Waals surface area contributed by atoms with Crippen LogP contribution in [0.2, 0.25) is 5.02 Å². The molecule has 20 heavy (non-hydrogen) atoms. The molecule has 0 unspecified atom stereocenters. The van der Waals surface area contributed by atoms with Gasteiger partial charge in [0.2, 0.25) is 6.79 Å². The molecule has 0 aliphatic carbocycles. The zero-order valence-electron chi connectivity index (χ0n) is 10.3. The maximum atomic E-state index is 13.5. The smallest absolute Gasteiger partial charge is 0.231 e. The Balaban J connectivity index is 1.81. The molecule has 1 aliphatic heterocycles. The highest BCUT2D eigenvalue weighted by Crippen LogP contribution is 2.39. The second-order valence-electron chi connectivity index (χ2n) is 4.26. The quantitative estimate of drug-likeness (QED) is 0.930. The van der Waals surface area contributed by atoms with Crippen molar-refractivity contribution in [3.63, 3.8) is 0 Å². The Morgan fingerprint density at radius 2 is 1.90 bits per heavy atom. The van der Waals surface area contributed by atoms with Crippen LogP contribution in [0.25, 0.3) is 0 Å². The Labute approximate surface area is 119 Å². The first kappa shape index (κ1) is 13.0. The van der Waals surface area contributed by atoms with Crippen LogP contribution in [0.15, 0.2) is 30.3 Å². The summed E-state index contributed by atoms with van der Waals surface area (Å²) in [6.45, 7) is 0.335. The molecule has 0 radical (unpaired) electrons. The summed E-state index contributed by atoms with van der Waals surface area (Å²) in [4.78, 5) is 0. The average molecular weight is 298 g/mol. The lowest BCUT2D eigenvalue weighted by Gasteiger charge is -2.10. The Kier molecular flexibility index (Phi) is 3.36. The summed E-state index contributed by atoms with van der Waals surface area (Å²) < 4.78 is 37.4. The van der Waals surface area contributed by atoms with Crippen LogP contribution < -0.4 is 14.8 Å². The number of rotatable bonds is 3. The standard InChI is InChI=1S/C14H10ClF2NO2/c15-9-4-8(5-12-14(9)20-7-19-12)6-18-13-10(16)2-1-3-11(13)17/h1-5,18H,6-7H2. The van der Waals surface area contributed by atoms with Crippen LogP contribution in [0.1, 0.15) is 5.56 Å². The van der Waals surface area contributed by atoms with Crippen molar-refractivity contribution in [3.05, 3.63) is 52.6 Å². The molecule has 2 aromatic rings. The number of nitrogens with one attached hydrogen (secondary N) is 1. The van der Waals surface area contributed by atoms with Crippen LogP contribution in [0, 0.1) is 11.6 Å². The fraction of sp³-hybridized carbons (Fsp3) is 0.143. The van der Waals surface area contributed by atoms with Crippen LogP contribution >= 0.6 is 11.6 Å². The molecule has 0 saturated carbocycles. The van der Waals surface area contributed by atoms with Gasteiger partial charge in [0.05, 0.1) is 5.02 Å². The monoisotopic (exact) mass is 297 g/mol. The van der Waals surface area contributed by atoms with Crippen molar-refractivity contribution in [3.8, 4) is 11.5 Å². The Morgan fingerprint density at radius 3 is 2.65 bits per heavy atom. The minimum absolute atomic E-state index is 0.119. The van der Waals surface area contributed by atoms with Crippen molar-refractivity contribution in [2.75, 3.05) is 12.1 Å². The summed E-state index contributed by atoms with van der Waals surface area (Å²) in [7, 11) is 0. The topological polar surface area (TPSA) is 30.5 Å². The molecular weight excluding hydrogens is 288 g/mol. The third kappa shape index (κ3) is 2.36. The highest BCUT2D eigenvalue weighted by molar-refractivity contribution is 6.32. The zero-order valence-corrected chi connectivity index (χ0v) is 11.0. The van der Waals surface area contributed by atoms with E-state index in [1.807, 2.05) is 0 Å². The van der Waals surface area contributed by atoms with Gasteiger partial charge in [-0.2, -0.15) is 0 Å². The molecule has 1 aliphatic rings. The van der Waals surface area contributed by atoms with Crippen molar-refractivity contribution >= 4 is 17.3 Å². The zero-order chi connectivity index (χ0) is 14.1. The molecule has 0 spiro atoms. The molecule has 0 bridgehead atoms. The van der Waals surface area contributed by atoms with Gasteiger partial charge in [0.15, 0.2) is 11.5 Å². The predicted molar refractivity (Wildman–Crippen MR) is 71.3 cm³/mol. The number of halogens is 3. The van der Waals surface area contributed by atoms with E-state index in [0.29, 0.717) is 16.5 Å². The van der Waals surface area contributed by atoms with E-state index in [4.69, 9.17) is 21.1 Å². The number of anilines is 1. The third-order valence-electron chi connectivity index (χ3n) is 2.92. The number of fused-ring (bicyclic) bond motifs is 1. The largest absolute Gasteiger partial charge is 0.454 e. The molecule has 0 aromatic heterocycles. The van der Waals surface area contributed by atoms with E-state index in [0.717, 1.165) is 5.56 Å². The lowest BCUT2D eigenvalue weighted by atomic mass is 10.2. The van der Waals surface area contributed by atoms with Crippen molar-refractivity contribution < 1.29 is 18.3 Å². The summed E-state index contributed by atoms with van der Waals surface area (Å²) in [6, 6.07) is 7.09. The Hall–Kier alpha value is -2.01. The van der Waals surface area contributed by atoms with Crippen molar-refractivity contribution in [1.29, 1.82) is 0 Å². The second-order valence-corrected chi connectivity index (χ2v) is 4.67. The average Bonchev–Trinajstić information content (AvgIpc) is 2.87. The molecule has 3 rings (SSSR count). The maximum absolute atomic E-state index is 13.5. The van der Waals surface area contributed by atoms with Gasteiger partial charge < -0.3 is 14.8 Å². The normalized spacial score (nSPS) is 12.6. The van der Waals surface area contributed by atoms with Gasteiger partial charge in [0, 0.05) is 6.54 Å². The first-order chi connectivity index (χ1) is 9.65. The Bertz CT molecular complexity index is 644. The number of hydrogen-bond donors (Lipinski definition) is 1. The lowest BCUT2D eigenvalue weighted by Crippen LogP contribution is -2.03. The van der Waals surface area contributed by atoms with E-state index in [1.54, 1.807) is 12.1 Å². The first-order valence-electron chi connectivity index (χ1n) is 5.91. The van der Waals surface area contributed by atoms with Gasteiger partial charge in [-0.3, -0.25) is 0 Å². The van der Waals surface area contributed by atoms with Crippen LogP contribution in [-0.2, 0) is 6.54 Å². The van der Waals surface area contributed by atoms with Gasteiger partial charge in [0.25, 0.3) is 0 Å². The van der Waals surface area contributed by atoms with Gasteiger partial charge in [-0.25, -0.2) is 8.78 Å². The van der Waals surface area contributed by atoms with E-state index in [2.05, 4.69) is 5.32 Å². The summed E-state index contributed by atoms with van der Waals surface area (Å²) in [5, 5.41) is 3.12. The number of hydrogen-bond acceptors (Lipinski definition) is 3. The molecule has 2 aromatic carbocycles. The van der Waals surface area contributed by atoms with Crippen molar-refractivity contribution in [2.24, 2.45) is 0 Å². The van der Waals surface area contributed by atoms with E-state index in [9.17, 15) is 8.78 Å². The van der Waals surface area contributed by atoms with Crippen LogP contribution in [0.3, 0.4) is 0 Å². The molecule has 1 N–H and O–H groups in total. The lowest BCUT2D eigenvalue weighted by molar-refractivity contribution is 0.174.